The molecule has 2 aromatic heterocycles. The Labute approximate surface area is 203 Å². The molecule has 3 heterocycles. The van der Waals surface area contributed by atoms with E-state index in [4.69, 9.17) is 16.1 Å². The summed E-state index contributed by atoms with van der Waals surface area (Å²) < 4.78 is 6.31. The van der Waals surface area contributed by atoms with Crippen molar-refractivity contribution in [3.8, 4) is 12.3 Å². The van der Waals surface area contributed by atoms with Gasteiger partial charge in [-0.15, -0.1) is 6.42 Å². The minimum Gasteiger partial charge on any atom is -0.370 e. The Hall–Kier alpha value is -2.71. The lowest BCUT2D eigenvalue weighted by Crippen LogP contribution is -2.44. The molecule has 0 atom stereocenters. The largest absolute Gasteiger partial charge is 0.370 e. The molecule has 2 aliphatic rings. The molecular weight excluding hydrogens is 422 g/mol. The van der Waals surface area contributed by atoms with Crippen LogP contribution < -0.4 is 0 Å². The van der Waals surface area contributed by atoms with E-state index >= 15 is 0 Å². The van der Waals surface area contributed by atoms with E-state index in [0.717, 1.165) is 49.1 Å². The Morgan fingerprint density at radius 2 is 1.88 bits per heavy atom. The summed E-state index contributed by atoms with van der Waals surface area (Å²) >= 11 is 0. The molecular formula is C29H37N3O2. The Kier molecular flexibility index (Phi) is 6.33. The Morgan fingerprint density at radius 3 is 2.47 bits per heavy atom. The zero-order valence-electron chi connectivity index (χ0n) is 21.4. The second-order valence-corrected chi connectivity index (χ2v) is 12.0. The van der Waals surface area contributed by atoms with Crippen LogP contribution in [0.2, 0.25) is 0 Å². The van der Waals surface area contributed by atoms with Gasteiger partial charge >= 0.3 is 0 Å². The van der Waals surface area contributed by atoms with Gasteiger partial charge in [0.25, 0.3) is 0 Å². The van der Waals surface area contributed by atoms with Crippen molar-refractivity contribution in [2.45, 2.75) is 97.2 Å². The van der Waals surface area contributed by atoms with E-state index < -0.39 is 0 Å². The van der Waals surface area contributed by atoms with Gasteiger partial charge in [-0.1, -0.05) is 31.9 Å². The van der Waals surface area contributed by atoms with Crippen molar-refractivity contribution in [3.63, 3.8) is 0 Å². The van der Waals surface area contributed by atoms with Gasteiger partial charge in [-0.2, -0.15) is 0 Å². The summed E-state index contributed by atoms with van der Waals surface area (Å²) in [6.45, 7) is 13.3. The number of rotatable bonds is 5. The fourth-order valence-electron chi connectivity index (χ4n) is 5.54. The second kappa shape index (κ2) is 8.82. The minimum absolute atomic E-state index is 0.0811. The first-order chi connectivity index (χ1) is 15.9. The van der Waals surface area contributed by atoms with Crippen LogP contribution in [0.1, 0.15) is 113 Å². The standard InChI is InChI=1S/C29H37N3O2/c1-8-22-18-30-26(31-22)24(33)15-20-9-10-23(21-16-28(4,5)34-29(6,7)17-21)32-25(20)19-11-13-27(2,3)14-12-19/h1,9-11,18,21H,12-17H2,2-7H3,(H,30,31). The molecule has 1 aliphatic heterocycles. The fraction of sp³-hybridized carbons (Fsp3) is 0.552. The lowest BCUT2D eigenvalue weighted by Gasteiger charge is -2.45. The van der Waals surface area contributed by atoms with Crippen LogP contribution in [0, 0.1) is 17.8 Å². The van der Waals surface area contributed by atoms with Crippen molar-refractivity contribution in [1.29, 1.82) is 0 Å². The number of Topliss-reactive ketones (excluding diaryl/α,β-unsaturated/α-hetero) is 1. The van der Waals surface area contributed by atoms with Crippen LogP contribution >= 0.6 is 0 Å². The topological polar surface area (TPSA) is 67.9 Å². The summed E-state index contributed by atoms with van der Waals surface area (Å²) in [5.41, 5.74) is 4.66. The number of hydrogen-bond acceptors (Lipinski definition) is 4. The number of carbonyl (C=O) groups excluding carboxylic acids is 1. The molecule has 0 aromatic carbocycles. The number of H-pyrrole nitrogens is 1. The molecule has 0 bridgehead atoms. The first kappa shape index (κ1) is 24.4. The molecule has 1 aliphatic carbocycles. The van der Waals surface area contributed by atoms with Gasteiger partial charge in [0.1, 0.15) is 5.69 Å². The highest BCUT2D eigenvalue weighted by molar-refractivity contribution is 5.95. The predicted molar refractivity (Wildman–Crippen MR) is 136 cm³/mol. The molecule has 5 heteroatoms. The Morgan fingerprint density at radius 1 is 1.18 bits per heavy atom. The van der Waals surface area contributed by atoms with Crippen molar-refractivity contribution >= 4 is 11.4 Å². The summed E-state index contributed by atoms with van der Waals surface area (Å²) in [6, 6.07) is 4.20. The second-order valence-electron chi connectivity index (χ2n) is 12.0. The third-order valence-electron chi connectivity index (χ3n) is 7.07. The fourth-order valence-corrected chi connectivity index (χ4v) is 5.54. The van der Waals surface area contributed by atoms with Crippen LogP contribution in [-0.4, -0.2) is 31.9 Å². The van der Waals surface area contributed by atoms with Gasteiger partial charge in [0, 0.05) is 18.0 Å². The van der Waals surface area contributed by atoms with Crippen LogP contribution in [0.4, 0.5) is 0 Å². The van der Waals surface area contributed by atoms with Gasteiger partial charge < -0.3 is 9.72 Å². The molecule has 1 saturated heterocycles. The van der Waals surface area contributed by atoms with Crippen molar-refractivity contribution < 1.29 is 9.53 Å². The number of ketones is 1. The van der Waals surface area contributed by atoms with Crippen LogP contribution in [0.15, 0.2) is 24.4 Å². The van der Waals surface area contributed by atoms with Gasteiger partial charge in [-0.25, -0.2) is 4.98 Å². The number of imidazole rings is 1. The predicted octanol–water partition coefficient (Wildman–Crippen LogP) is 6.26. The smallest absolute Gasteiger partial charge is 0.202 e. The highest BCUT2D eigenvalue weighted by Gasteiger charge is 2.40. The molecule has 0 unspecified atom stereocenters. The van der Waals surface area contributed by atoms with Gasteiger partial charge in [0.2, 0.25) is 5.78 Å². The van der Waals surface area contributed by atoms with Gasteiger partial charge in [0.15, 0.2) is 5.82 Å². The lowest BCUT2D eigenvalue weighted by molar-refractivity contribution is -0.162. The first-order valence-electron chi connectivity index (χ1n) is 12.3. The van der Waals surface area contributed by atoms with E-state index in [1.807, 2.05) is 0 Å². The van der Waals surface area contributed by atoms with E-state index in [1.54, 1.807) is 0 Å². The number of carbonyl (C=O) groups is 1. The number of pyridine rings is 1. The summed E-state index contributed by atoms with van der Waals surface area (Å²) in [6.07, 6.45) is 14.5. The molecule has 1 fully saturated rings. The normalized spacial score (nSPS) is 21.5. The molecule has 5 nitrogen and oxygen atoms in total. The van der Waals surface area contributed by atoms with Crippen LogP contribution in [0.5, 0.6) is 0 Å². The Balaban J connectivity index is 1.69. The zero-order chi connectivity index (χ0) is 24.7. The monoisotopic (exact) mass is 459 g/mol. The molecule has 0 amide bonds. The first-order valence-corrected chi connectivity index (χ1v) is 12.3. The Bertz CT molecular complexity index is 1140. The molecule has 2 aromatic rings. The summed E-state index contributed by atoms with van der Waals surface area (Å²) in [7, 11) is 0. The molecule has 180 valence electrons. The zero-order valence-corrected chi connectivity index (χ0v) is 21.4. The number of terminal acetylenes is 1. The highest BCUT2D eigenvalue weighted by atomic mass is 16.5. The number of aromatic nitrogens is 3. The maximum atomic E-state index is 13.0. The van der Waals surface area contributed by atoms with Crippen molar-refractivity contribution in [3.05, 3.63) is 52.9 Å². The number of aromatic amines is 1. The van der Waals surface area contributed by atoms with Gasteiger partial charge in [-0.3, -0.25) is 9.78 Å². The van der Waals surface area contributed by atoms with E-state index in [2.05, 4.69) is 75.6 Å². The molecule has 4 rings (SSSR count). The summed E-state index contributed by atoms with van der Waals surface area (Å²) in [5.74, 6) is 3.02. The quantitative estimate of drug-likeness (QED) is 0.423. The number of hydrogen-bond donors (Lipinski definition) is 1. The van der Waals surface area contributed by atoms with Gasteiger partial charge in [-0.05, 0) is 82.4 Å². The average Bonchev–Trinajstić information content (AvgIpc) is 3.21. The van der Waals surface area contributed by atoms with Crippen LogP contribution in [-0.2, 0) is 11.2 Å². The molecule has 34 heavy (non-hydrogen) atoms. The van der Waals surface area contributed by atoms with Crippen molar-refractivity contribution in [2.24, 2.45) is 5.41 Å². The lowest BCUT2D eigenvalue weighted by atomic mass is 9.76. The maximum absolute atomic E-state index is 13.0. The maximum Gasteiger partial charge on any atom is 0.202 e. The molecule has 0 radical (unpaired) electrons. The summed E-state index contributed by atoms with van der Waals surface area (Å²) in [5, 5.41) is 0. The highest BCUT2D eigenvalue weighted by Crippen LogP contribution is 2.44. The minimum atomic E-state index is -0.203. The number of nitrogens with one attached hydrogen (secondary N) is 1. The van der Waals surface area contributed by atoms with E-state index in [1.165, 1.54) is 11.8 Å². The van der Waals surface area contributed by atoms with E-state index in [9.17, 15) is 4.79 Å². The molecule has 0 saturated carbocycles. The number of nitrogens with zero attached hydrogens (tertiary/aromatic N) is 2. The third-order valence-corrected chi connectivity index (χ3v) is 7.07. The molecule has 1 N–H and O–H groups in total. The van der Waals surface area contributed by atoms with Crippen LogP contribution in [0.3, 0.4) is 0 Å². The summed E-state index contributed by atoms with van der Waals surface area (Å²) in [4.78, 5) is 25.3. The average molecular weight is 460 g/mol. The van der Waals surface area contributed by atoms with Crippen molar-refractivity contribution in [1.82, 2.24) is 15.0 Å². The van der Waals surface area contributed by atoms with Crippen LogP contribution in [0.25, 0.3) is 5.57 Å². The SMILES string of the molecule is C#Cc1cnc(C(=O)Cc2ccc(C3CC(C)(C)OC(C)(C)C3)nc2C2=CCC(C)(C)CC2)[nH]1. The third kappa shape index (κ3) is 5.50. The number of allylic oxidation sites excluding steroid dienone is 2. The number of ether oxygens (including phenoxy) is 1. The van der Waals surface area contributed by atoms with Gasteiger partial charge in [0.05, 0.1) is 23.1 Å². The van der Waals surface area contributed by atoms with Crippen molar-refractivity contribution in [2.75, 3.05) is 0 Å². The molecule has 0 spiro atoms. The van der Waals surface area contributed by atoms with E-state index in [0.29, 0.717) is 22.9 Å². The van der Waals surface area contributed by atoms with E-state index in [-0.39, 0.29) is 23.4 Å².